The molecule has 5 rings (SSSR count). The number of hydrogen-bond donors (Lipinski definition) is 3. The molecule has 334 valence electrons. The third-order valence-corrected chi connectivity index (χ3v) is 10.6. The maximum absolute atomic E-state index is 14.3. The third-order valence-electron chi connectivity index (χ3n) is 10.3. The largest absolute Gasteiger partial charge is 0.513 e. The number of methoxy groups -OCH3 is 1. The number of carbonyl (C=O) groups excluding carboxylic acids is 4. The van der Waals surface area contributed by atoms with E-state index in [1.165, 1.54) is 32.0 Å². The highest BCUT2D eigenvalue weighted by Crippen LogP contribution is 2.53. The molecule has 11 nitrogen and oxygen atoms in total. The van der Waals surface area contributed by atoms with Crippen LogP contribution in [-0.4, -0.2) is 67.1 Å². The van der Waals surface area contributed by atoms with Crippen molar-refractivity contribution < 1.29 is 64.1 Å². The predicted molar refractivity (Wildman–Crippen MR) is 214 cm³/mol. The van der Waals surface area contributed by atoms with Crippen LogP contribution in [0.2, 0.25) is 5.02 Å². The standard InChI is InChI=1S/C22H17ClF7N3O2.C21H27NO5/c1-11-9-12(20(24,21(25,26)27)22(28,29)30)7-8-15(11)32-17(34)13-5-4-6-14(23)16(13)18(35)33-19(2,3)10-31;1-5-26-20(24)27-18-17(16-12-13(2)6-7-14(16)3)19(23)22-21(18)10-8-15(25-4)9-11-21/h4-9H,1-3H3,(H,32,34)(H,33,35);6-7,12,15H,5,8-11H2,1-4H3,(H,22,23). The summed E-state index contributed by atoms with van der Waals surface area (Å²) in [5, 5.41) is 16.7. The van der Waals surface area contributed by atoms with Gasteiger partial charge in [0, 0.05) is 18.4 Å². The molecule has 1 aliphatic carbocycles. The Hall–Kier alpha value is -5.67. The van der Waals surface area contributed by atoms with E-state index in [4.69, 9.17) is 31.1 Å². The summed E-state index contributed by atoms with van der Waals surface area (Å²) >= 11 is 6.05. The topological polar surface area (TPSA) is 156 Å². The van der Waals surface area contributed by atoms with E-state index in [-0.39, 0.29) is 52.1 Å². The Labute approximate surface area is 357 Å². The second-order valence-electron chi connectivity index (χ2n) is 15.3. The molecule has 3 aromatic rings. The molecule has 0 radical (unpaired) electrons. The van der Waals surface area contributed by atoms with Crippen molar-refractivity contribution in [2.75, 3.05) is 19.0 Å². The first-order chi connectivity index (χ1) is 28.8. The quantitative estimate of drug-likeness (QED) is 0.142. The smallest absolute Gasteiger partial charge is 0.434 e. The van der Waals surface area contributed by atoms with Gasteiger partial charge in [0.25, 0.3) is 17.7 Å². The fraction of sp³-hybridized carbons (Fsp3) is 0.419. The number of nitriles is 1. The van der Waals surface area contributed by atoms with Gasteiger partial charge in [0.15, 0.2) is 0 Å². The van der Waals surface area contributed by atoms with Crippen molar-refractivity contribution in [2.45, 2.75) is 102 Å². The van der Waals surface area contributed by atoms with Crippen LogP contribution in [0.3, 0.4) is 0 Å². The molecule has 1 saturated carbocycles. The van der Waals surface area contributed by atoms with E-state index in [9.17, 15) is 49.9 Å². The first-order valence-electron chi connectivity index (χ1n) is 19.0. The van der Waals surface area contributed by atoms with E-state index in [0.717, 1.165) is 36.5 Å². The Bertz CT molecular complexity index is 2280. The maximum atomic E-state index is 14.3. The third kappa shape index (κ3) is 10.3. The van der Waals surface area contributed by atoms with Gasteiger partial charge in [-0.1, -0.05) is 53.6 Å². The van der Waals surface area contributed by atoms with E-state index in [2.05, 4.69) is 16.0 Å². The maximum Gasteiger partial charge on any atom is 0.513 e. The molecule has 62 heavy (non-hydrogen) atoms. The highest BCUT2D eigenvalue weighted by Gasteiger charge is 2.73. The van der Waals surface area contributed by atoms with Crippen molar-refractivity contribution in [1.82, 2.24) is 10.6 Å². The van der Waals surface area contributed by atoms with Crippen LogP contribution in [-0.2, 0) is 24.7 Å². The normalized spacial score (nSPS) is 18.0. The molecule has 2 aliphatic rings. The Balaban J connectivity index is 0.000000281. The zero-order chi connectivity index (χ0) is 46.6. The van der Waals surface area contributed by atoms with Crippen LogP contribution in [0.25, 0.3) is 5.57 Å². The average molecular weight is 897 g/mol. The number of ether oxygens (including phenoxy) is 3. The van der Waals surface area contributed by atoms with Crippen molar-refractivity contribution in [1.29, 1.82) is 5.26 Å². The van der Waals surface area contributed by atoms with Gasteiger partial charge in [-0.2, -0.15) is 31.6 Å². The molecule has 1 fully saturated rings. The molecule has 19 heteroatoms. The summed E-state index contributed by atoms with van der Waals surface area (Å²) in [6.45, 7) is 9.70. The number of aryl methyl sites for hydroxylation is 3. The number of halogens is 8. The first kappa shape index (κ1) is 49.0. The van der Waals surface area contributed by atoms with Gasteiger partial charge in [0.05, 0.1) is 46.0 Å². The van der Waals surface area contributed by atoms with Crippen molar-refractivity contribution in [3.05, 3.63) is 104 Å². The van der Waals surface area contributed by atoms with Crippen molar-refractivity contribution in [3.63, 3.8) is 0 Å². The predicted octanol–water partition coefficient (Wildman–Crippen LogP) is 9.87. The van der Waals surface area contributed by atoms with Crippen molar-refractivity contribution in [2.24, 2.45) is 0 Å². The molecule has 3 N–H and O–H groups in total. The number of benzene rings is 3. The molecule has 3 aromatic carbocycles. The van der Waals surface area contributed by atoms with Crippen molar-refractivity contribution in [3.8, 4) is 6.07 Å². The molecule has 0 saturated heterocycles. The lowest BCUT2D eigenvalue weighted by molar-refractivity contribution is -0.348. The van der Waals surface area contributed by atoms with E-state index >= 15 is 0 Å². The van der Waals surface area contributed by atoms with E-state index in [1.807, 2.05) is 38.1 Å². The fourth-order valence-corrected chi connectivity index (χ4v) is 7.25. The molecule has 0 aromatic heterocycles. The highest BCUT2D eigenvalue weighted by atomic mass is 35.5. The second-order valence-corrected chi connectivity index (χ2v) is 15.7. The summed E-state index contributed by atoms with van der Waals surface area (Å²) in [6.07, 6.45) is -10.3. The number of carbonyl (C=O) groups is 4. The molecule has 3 amide bonds. The van der Waals surface area contributed by atoms with E-state index < -0.39 is 52.6 Å². The van der Waals surface area contributed by atoms with Crippen molar-refractivity contribution >= 4 is 46.7 Å². The zero-order valence-electron chi connectivity index (χ0n) is 34.6. The summed E-state index contributed by atoms with van der Waals surface area (Å²) in [7, 11) is 1.70. The SMILES string of the molecule is CCOC(=O)OC1=C(c2cc(C)ccc2C)C(=O)NC12CCC(OC)CC2.Cc1cc(C(F)(C(F)(F)F)C(F)(F)F)ccc1NC(=O)c1cccc(Cl)c1C(=O)NC(C)(C)C#N. The lowest BCUT2D eigenvalue weighted by atomic mass is 9.79. The van der Waals surface area contributed by atoms with Crippen LogP contribution >= 0.6 is 11.6 Å². The zero-order valence-corrected chi connectivity index (χ0v) is 35.4. The van der Waals surface area contributed by atoms with Crippen LogP contribution in [0.4, 0.5) is 41.2 Å². The number of hydrogen-bond acceptors (Lipinski definition) is 8. The molecule has 0 unspecified atom stereocenters. The average Bonchev–Trinajstić information content (AvgIpc) is 3.44. The number of nitrogens with one attached hydrogen (secondary N) is 3. The van der Waals surface area contributed by atoms with Gasteiger partial charge in [0.2, 0.25) is 0 Å². The number of rotatable bonds is 9. The summed E-state index contributed by atoms with van der Waals surface area (Å²) in [4.78, 5) is 50.6. The Kier molecular flexibility index (Phi) is 14.8. The lowest BCUT2D eigenvalue weighted by Gasteiger charge is -2.37. The van der Waals surface area contributed by atoms with Gasteiger partial charge in [-0.15, -0.1) is 0 Å². The molecular weight excluding hydrogens is 853 g/mol. The Morgan fingerprint density at radius 1 is 0.919 bits per heavy atom. The molecule has 1 heterocycles. The van der Waals surface area contributed by atoms with Crippen LogP contribution in [0.15, 0.2) is 60.4 Å². The van der Waals surface area contributed by atoms with Crippen LogP contribution in [0, 0.1) is 32.1 Å². The van der Waals surface area contributed by atoms with Crippen LogP contribution < -0.4 is 16.0 Å². The number of amides is 3. The molecule has 0 bridgehead atoms. The fourth-order valence-electron chi connectivity index (χ4n) is 6.99. The van der Waals surface area contributed by atoms with Crippen LogP contribution in [0.1, 0.15) is 95.0 Å². The highest BCUT2D eigenvalue weighted by molar-refractivity contribution is 6.35. The molecular formula is C43H44ClF7N4O7. The number of alkyl halides is 7. The molecule has 1 spiro atoms. The minimum Gasteiger partial charge on any atom is -0.434 e. The number of nitrogens with zero attached hydrogens (tertiary/aromatic N) is 1. The molecule has 0 atom stereocenters. The van der Waals surface area contributed by atoms with E-state index in [1.54, 1.807) is 14.0 Å². The van der Waals surface area contributed by atoms with Gasteiger partial charge >= 0.3 is 24.2 Å². The summed E-state index contributed by atoms with van der Waals surface area (Å²) in [5.74, 6) is -1.69. The van der Waals surface area contributed by atoms with E-state index in [0.29, 0.717) is 36.3 Å². The van der Waals surface area contributed by atoms with Gasteiger partial charge in [-0.25, -0.2) is 9.18 Å². The summed E-state index contributed by atoms with van der Waals surface area (Å²) in [6, 6.07) is 12.8. The Morgan fingerprint density at radius 3 is 2.10 bits per heavy atom. The van der Waals surface area contributed by atoms with Gasteiger partial charge in [-0.05, 0) is 102 Å². The molecule has 1 aliphatic heterocycles. The minimum absolute atomic E-state index is 0.154. The lowest BCUT2D eigenvalue weighted by Crippen LogP contribution is -2.50. The summed E-state index contributed by atoms with van der Waals surface area (Å²) < 4.78 is 108. The first-order valence-corrected chi connectivity index (χ1v) is 19.4. The van der Waals surface area contributed by atoms with Gasteiger partial charge in [0.1, 0.15) is 11.3 Å². The minimum atomic E-state index is -6.29. The van der Waals surface area contributed by atoms with Crippen LogP contribution in [0.5, 0.6) is 0 Å². The summed E-state index contributed by atoms with van der Waals surface area (Å²) in [5.41, 5.74) is -7.31. The Morgan fingerprint density at radius 2 is 1.55 bits per heavy atom. The second kappa shape index (κ2) is 18.7. The van der Waals surface area contributed by atoms with Gasteiger partial charge in [-0.3, -0.25) is 14.4 Å². The number of anilines is 1. The van der Waals surface area contributed by atoms with Gasteiger partial charge < -0.3 is 30.2 Å². The monoisotopic (exact) mass is 896 g/mol.